The van der Waals surface area contributed by atoms with E-state index in [0.717, 1.165) is 16.9 Å². The molecule has 92 valence electrons. The number of hydrogen-bond acceptors (Lipinski definition) is 2. The molecule has 3 heteroatoms. The van der Waals surface area contributed by atoms with Crippen molar-refractivity contribution in [1.82, 2.24) is 0 Å². The molecule has 0 amide bonds. The summed E-state index contributed by atoms with van der Waals surface area (Å²) in [7, 11) is -1.05. The largest absolute Gasteiger partial charge is 0.295 e. The minimum Gasteiger partial charge on any atom is -0.295 e. The molecule has 0 radical (unpaired) electrons. The lowest BCUT2D eigenvalue weighted by Crippen LogP contribution is -1.97. The Kier molecular flexibility index (Phi) is 5.84. The Morgan fingerprint density at radius 1 is 1.29 bits per heavy atom. The van der Waals surface area contributed by atoms with Crippen molar-refractivity contribution in [2.45, 2.75) is 31.6 Å². The Balaban J connectivity index is 2.50. The van der Waals surface area contributed by atoms with Crippen molar-refractivity contribution >= 4 is 16.6 Å². The summed E-state index contributed by atoms with van der Waals surface area (Å²) in [6.45, 7) is 3.96. The zero-order valence-electron chi connectivity index (χ0n) is 10.3. The van der Waals surface area contributed by atoms with E-state index in [4.69, 9.17) is 0 Å². The molecule has 1 aromatic rings. The highest BCUT2D eigenvalue weighted by molar-refractivity contribution is 7.85. The summed E-state index contributed by atoms with van der Waals surface area (Å²) in [6, 6.07) is 7.62. The molecule has 1 atom stereocenters. The highest BCUT2D eigenvalue weighted by Gasteiger charge is 2.01. The van der Waals surface area contributed by atoms with Gasteiger partial charge in [-0.15, -0.1) is 0 Å². The van der Waals surface area contributed by atoms with E-state index in [2.05, 4.69) is 0 Å². The van der Waals surface area contributed by atoms with Crippen LogP contribution in [-0.4, -0.2) is 15.7 Å². The zero-order chi connectivity index (χ0) is 12.7. The number of carbonyl (C=O) groups excluding carboxylic acids is 1. The molecule has 0 saturated carbocycles. The predicted octanol–water partition coefficient (Wildman–Crippen LogP) is 3.03. The van der Waals surface area contributed by atoms with Crippen LogP contribution in [0.3, 0.4) is 0 Å². The van der Waals surface area contributed by atoms with E-state index in [1.54, 1.807) is 6.08 Å². The molecule has 0 aliphatic heterocycles. The maximum absolute atomic E-state index is 11.8. The fourth-order valence-corrected chi connectivity index (χ4v) is 2.29. The molecule has 0 aromatic heterocycles. The van der Waals surface area contributed by atoms with Gasteiger partial charge in [-0.3, -0.25) is 9.00 Å². The van der Waals surface area contributed by atoms with Crippen molar-refractivity contribution in [3.63, 3.8) is 0 Å². The third-order valence-electron chi connectivity index (χ3n) is 2.33. The number of ketones is 1. The van der Waals surface area contributed by atoms with E-state index in [1.807, 2.05) is 38.1 Å². The lowest BCUT2D eigenvalue weighted by Gasteiger charge is -1.99. The van der Waals surface area contributed by atoms with Gasteiger partial charge in [0.05, 0.1) is 10.8 Å². The molecule has 0 fully saturated rings. The molecule has 0 heterocycles. The lowest BCUT2D eigenvalue weighted by molar-refractivity contribution is -0.114. The fourth-order valence-electron chi connectivity index (χ4n) is 1.38. The lowest BCUT2D eigenvalue weighted by atomic mass is 10.2. The third-order valence-corrected chi connectivity index (χ3v) is 3.62. The van der Waals surface area contributed by atoms with Crippen LogP contribution < -0.4 is 0 Å². The van der Waals surface area contributed by atoms with Crippen molar-refractivity contribution in [3.05, 3.63) is 42.0 Å². The summed E-state index contributed by atoms with van der Waals surface area (Å²) < 4.78 is 11.8. The van der Waals surface area contributed by atoms with Crippen LogP contribution in [0.15, 0.2) is 41.3 Å². The summed E-state index contributed by atoms with van der Waals surface area (Å²) in [6.07, 6.45) is 4.65. The predicted molar refractivity (Wildman–Crippen MR) is 71.5 cm³/mol. The van der Waals surface area contributed by atoms with E-state index in [-0.39, 0.29) is 5.78 Å². The molecular weight excluding hydrogens is 232 g/mol. The van der Waals surface area contributed by atoms with Crippen LogP contribution in [0.1, 0.15) is 25.3 Å². The van der Waals surface area contributed by atoms with Gasteiger partial charge in [-0.2, -0.15) is 0 Å². The van der Waals surface area contributed by atoms with Gasteiger partial charge in [0.1, 0.15) is 0 Å². The molecular formula is C14H18O2S. The second kappa shape index (κ2) is 7.17. The van der Waals surface area contributed by atoms with Gasteiger partial charge < -0.3 is 0 Å². The average Bonchev–Trinajstić information content (AvgIpc) is 2.30. The first-order chi connectivity index (χ1) is 8.13. The first-order valence-corrected chi connectivity index (χ1v) is 7.09. The van der Waals surface area contributed by atoms with Crippen molar-refractivity contribution in [2.24, 2.45) is 0 Å². The Labute approximate surface area is 105 Å². The SMILES string of the molecule is CCCC(=O)/C=C/CS(=O)c1ccc(C)cc1. The van der Waals surface area contributed by atoms with Gasteiger partial charge in [0.25, 0.3) is 0 Å². The van der Waals surface area contributed by atoms with Crippen LogP contribution >= 0.6 is 0 Å². The summed E-state index contributed by atoms with van der Waals surface area (Å²) in [5.41, 5.74) is 1.15. The number of benzene rings is 1. The van der Waals surface area contributed by atoms with Crippen LogP contribution in [-0.2, 0) is 15.6 Å². The normalized spacial score (nSPS) is 12.8. The first kappa shape index (κ1) is 13.8. The molecule has 0 spiro atoms. The van der Waals surface area contributed by atoms with Crippen LogP contribution in [0.4, 0.5) is 0 Å². The smallest absolute Gasteiger partial charge is 0.155 e. The highest BCUT2D eigenvalue weighted by atomic mass is 32.2. The maximum Gasteiger partial charge on any atom is 0.155 e. The van der Waals surface area contributed by atoms with Gasteiger partial charge in [0.2, 0.25) is 0 Å². The van der Waals surface area contributed by atoms with Crippen molar-refractivity contribution in [1.29, 1.82) is 0 Å². The van der Waals surface area contributed by atoms with Crippen molar-refractivity contribution < 1.29 is 9.00 Å². The zero-order valence-corrected chi connectivity index (χ0v) is 11.1. The summed E-state index contributed by atoms with van der Waals surface area (Å²) in [5, 5.41) is 0. The second-order valence-electron chi connectivity index (χ2n) is 3.94. The number of rotatable bonds is 6. The van der Waals surface area contributed by atoms with Gasteiger partial charge >= 0.3 is 0 Å². The third kappa shape index (κ3) is 5.09. The van der Waals surface area contributed by atoms with E-state index in [9.17, 15) is 9.00 Å². The Morgan fingerprint density at radius 2 is 1.94 bits per heavy atom. The van der Waals surface area contributed by atoms with E-state index in [0.29, 0.717) is 12.2 Å². The molecule has 1 aromatic carbocycles. The van der Waals surface area contributed by atoms with E-state index < -0.39 is 10.8 Å². The molecule has 0 N–H and O–H groups in total. The van der Waals surface area contributed by atoms with Crippen LogP contribution in [0.2, 0.25) is 0 Å². The number of carbonyl (C=O) groups is 1. The molecule has 0 bridgehead atoms. The molecule has 1 rings (SSSR count). The maximum atomic E-state index is 11.8. The van der Waals surface area contributed by atoms with Gasteiger partial charge in [-0.05, 0) is 31.6 Å². The number of allylic oxidation sites excluding steroid dienone is 1. The fraction of sp³-hybridized carbons (Fsp3) is 0.357. The molecule has 0 saturated heterocycles. The van der Waals surface area contributed by atoms with Crippen LogP contribution in [0.25, 0.3) is 0 Å². The Bertz CT molecular complexity index is 418. The monoisotopic (exact) mass is 250 g/mol. The minimum absolute atomic E-state index is 0.105. The van der Waals surface area contributed by atoms with Gasteiger partial charge in [-0.25, -0.2) is 0 Å². The highest BCUT2D eigenvalue weighted by Crippen LogP contribution is 2.08. The number of aryl methyl sites for hydroxylation is 1. The van der Waals surface area contributed by atoms with Gasteiger partial charge in [0, 0.05) is 17.1 Å². The Morgan fingerprint density at radius 3 is 2.53 bits per heavy atom. The van der Waals surface area contributed by atoms with Crippen LogP contribution in [0, 0.1) is 6.92 Å². The molecule has 0 aliphatic rings. The minimum atomic E-state index is -1.05. The van der Waals surface area contributed by atoms with E-state index >= 15 is 0 Å². The first-order valence-electron chi connectivity index (χ1n) is 5.78. The second-order valence-corrected chi connectivity index (χ2v) is 5.44. The van der Waals surface area contributed by atoms with Crippen molar-refractivity contribution in [2.75, 3.05) is 5.75 Å². The van der Waals surface area contributed by atoms with Gasteiger partial charge in [-0.1, -0.05) is 30.7 Å². The van der Waals surface area contributed by atoms with E-state index in [1.165, 1.54) is 6.08 Å². The van der Waals surface area contributed by atoms with Crippen molar-refractivity contribution in [3.8, 4) is 0 Å². The van der Waals surface area contributed by atoms with Gasteiger partial charge in [0.15, 0.2) is 5.78 Å². The number of hydrogen-bond donors (Lipinski definition) is 0. The standard InChI is InChI=1S/C14H18O2S/c1-3-5-13(15)6-4-11-17(16)14-9-7-12(2)8-10-14/h4,6-10H,3,5,11H2,1-2H3/b6-4+. The summed E-state index contributed by atoms with van der Waals surface area (Å²) in [5.74, 6) is 0.506. The molecule has 1 unspecified atom stereocenters. The van der Waals surface area contributed by atoms with Crippen LogP contribution in [0.5, 0.6) is 0 Å². The molecule has 17 heavy (non-hydrogen) atoms. The molecule has 2 nitrogen and oxygen atoms in total. The Hall–Kier alpha value is -1.22. The molecule has 0 aliphatic carbocycles. The topological polar surface area (TPSA) is 34.1 Å². The quantitative estimate of drug-likeness (QED) is 0.727. The summed E-state index contributed by atoms with van der Waals surface area (Å²) in [4.78, 5) is 12.0. The summed E-state index contributed by atoms with van der Waals surface area (Å²) >= 11 is 0. The average molecular weight is 250 g/mol.